The van der Waals surface area contributed by atoms with Crippen LogP contribution in [0.1, 0.15) is 16.7 Å². The van der Waals surface area contributed by atoms with Crippen molar-refractivity contribution in [2.24, 2.45) is 0 Å². The summed E-state index contributed by atoms with van der Waals surface area (Å²) in [6.45, 7) is 0.0238. The lowest BCUT2D eigenvalue weighted by Crippen LogP contribution is -2.60. The van der Waals surface area contributed by atoms with Crippen LogP contribution in [-0.2, 0) is 38.8 Å². The third-order valence-corrected chi connectivity index (χ3v) is 5.52. The van der Waals surface area contributed by atoms with Crippen LogP contribution in [0.25, 0.3) is 0 Å². The van der Waals surface area contributed by atoms with Gasteiger partial charge in [0.05, 0.1) is 19.8 Å². The fraction of sp³-hybridized carbons (Fsp3) is 0.231. The second-order valence-corrected chi connectivity index (χ2v) is 7.94. The van der Waals surface area contributed by atoms with Gasteiger partial charge in [-0.1, -0.05) is 95.7 Å². The molecule has 0 radical (unpaired) electrons. The summed E-state index contributed by atoms with van der Waals surface area (Å²) in [6.07, 6.45) is -4.06. The Balaban J connectivity index is 1.65. The van der Waals surface area contributed by atoms with Crippen molar-refractivity contribution in [3.63, 3.8) is 0 Å². The molecule has 4 rings (SSSR count). The van der Waals surface area contributed by atoms with Crippen molar-refractivity contribution in [3.8, 4) is 0 Å². The zero-order valence-electron chi connectivity index (χ0n) is 18.8. The van der Waals surface area contributed by atoms with Crippen LogP contribution in [0.3, 0.4) is 0 Å². The number of carbonyl (C=O) groups is 1. The summed E-state index contributed by atoms with van der Waals surface area (Å²) in [5.41, 5.74) is 2.30. The molecule has 0 unspecified atom stereocenters. The third-order valence-electron chi connectivity index (χ3n) is 5.52. The molecule has 0 N–H and O–H groups in total. The van der Waals surface area contributed by atoms with Gasteiger partial charge >= 0.3 is 11.7 Å². The number of benzene rings is 3. The van der Waals surface area contributed by atoms with E-state index in [0.717, 1.165) is 16.7 Å². The van der Waals surface area contributed by atoms with E-state index >= 15 is 0 Å². The standard InChI is InChI=1S/C26H24N2O7/c29-26-24(35-18-21-14-8-3-9-15-21)22(33-16-19-10-4-1-5-11-19)23(25(27(26)30)28(31)32)34-17-20-12-6-2-7-13-20/h1-15,22-24H,16-18H2/t22-,23-,24-/m1/s1. The Morgan fingerprint density at radius 3 is 1.51 bits per heavy atom. The monoisotopic (exact) mass is 476 g/mol. The molecule has 0 saturated heterocycles. The first-order valence-electron chi connectivity index (χ1n) is 11.0. The molecule has 3 atom stereocenters. The molecule has 0 bridgehead atoms. The molecule has 3 aromatic carbocycles. The maximum Gasteiger partial charge on any atom is 0.522 e. The highest BCUT2D eigenvalue weighted by atomic mass is 16.6. The maximum absolute atomic E-state index is 12.9. The molecule has 0 saturated carbocycles. The first-order chi connectivity index (χ1) is 17.0. The Bertz CT molecular complexity index is 1170. The fourth-order valence-electron chi connectivity index (χ4n) is 3.77. The number of amidine groups is 1. The normalized spacial score (nSPS) is 20.1. The van der Waals surface area contributed by atoms with Crippen LogP contribution in [0.15, 0.2) is 91.0 Å². The smallest absolute Gasteiger partial charge is 0.522 e. The van der Waals surface area contributed by atoms with E-state index in [1.165, 1.54) is 0 Å². The number of nitro groups is 1. The SMILES string of the molecule is O=C1[C@H](OCc2ccccc2)[C@H](OCc2ccccc2)[C@@H](OCc2ccccc2)C([N+](=O)[O-])=[N+]1[O-]. The van der Waals surface area contributed by atoms with Gasteiger partial charge in [0.1, 0.15) is 11.0 Å². The van der Waals surface area contributed by atoms with Gasteiger partial charge < -0.3 is 19.4 Å². The summed E-state index contributed by atoms with van der Waals surface area (Å²) in [6, 6.07) is 27.2. The van der Waals surface area contributed by atoms with E-state index in [4.69, 9.17) is 14.2 Å². The Hall–Kier alpha value is -3.92. The highest BCUT2D eigenvalue weighted by Gasteiger charge is 2.57. The molecule has 9 nitrogen and oxygen atoms in total. The van der Waals surface area contributed by atoms with Gasteiger partial charge in [0.15, 0.2) is 0 Å². The minimum atomic E-state index is -1.44. The van der Waals surface area contributed by atoms with Crippen molar-refractivity contribution in [2.45, 2.75) is 38.1 Å². The number of ether oxygens (including phenoxy) is 3. The number of nitrogens with zero attached hydrogens (tertiary/aromatic N) is 2. The summed E-state index contributed by atoms with van der Waals surface area (Å²) >= 11 is 0. The first-order valence-corrected chi connectivity index (χ1v) is 11.0. The minimum absolute atomic E-state index is 0.00941. The van der Waals surface area contributed by atoms with E-state index in [2.05, 4.69) is 0 Å². The Morgan fingerprint density at radius 1 is 0.686 bits per heavy atom. The highest BCUT2D eigenvalue weighted by Crippen LogP contribution is 2.24. The largest absolute Gasteiger partial charge is 0.611 e. The summed E-state index contributed by atoms with van der Waals surface area (Å²) in [7, 11) is 0. The van der Waals surface area contributed by atoms with Crippen LogP contribution in [0, 0.1) is 15.3 Å². The molecular formula is C26H24N2O7. The summed E-state index contributed by atoms with van der Waals surface area (Å²) in [4.78, 5) is 23.9. The molecule has 0 fully saturated rings. The molecule has 1 amide bonds. The average Bonchev–Trinajstić information content (AvgIpc) is 2.89. The molecule has 0 aromatic heterocycles. The molecule has 1 heterocycles. The van der Waals surface area contributed by atoms with Crippen molar-refractivity contribution in [1.29, 1.82) is 0 Å². The van der Waals surface area contributed by atoms with Crippen molar-refractivity contribution >= 4 is 11.7 Å². The lowest BCUT2D eigenvalue weighted by atomic mass is 10.0. The van der Waals surface area contributed by atoms with Gasteiger partial charge in [0, 0.05) is 0 Å². The van der Waals surface area contributed by atoms with E-state index in [0.29, 0.717) is 0 Å². The minimum Gasteiger partial charge on any atom is -0.611 e. The number of hydrogen-bond donors (Lipinski definition) is 0. The summed E-state index contributed by atoms with van der Waals surface area (Å²) in [5.74, 6) is -2.03. The van der Waals surface area contributed by atoms with Crippen molar-refractivity contribution in [1.82, 2.24) is 0 Å². The summed E-state index contributed by atoms with van der Waals surface area (Å²) < 4.78 is 17.5. The molecule has 1 aliphatic heterocycles. The first kappa shape index (κ1) is 24.2. The third kappa shape index (κ3) is 5.96. The molecule has 1 aliphatic rings. The van der Waals surface area contributed by atoms with Crippen LogP contribution < -0.4 is 0 Å². The van der Waals surface area contributed by atoms with Gasteiger partial charge in [-0.25, -0.2) is 4.79 Å². The van der Waals surface area contributed by atoms with Crippen LogP contribution in [-0.4, -0.2) is 39.7 Å². The lowest BCUT2D eigenvalue weighted by molar-refractivity contribution is -0.492. The molecule has 3 aromatic rings. The average molecular weight is 476 g/mol. The van der Waals surface area contributed by atoms with Crippen LogP contribution in [0.5, 0.6) is 0 Å². The highest BCUT2D eigenvalue weighted by molar-refractivity contribution is 5.88. The fourth-order valence-corrected chi connectivity index (χ4v) is 3.77. The molecule has 35 heavy (non-hydrogen) atoms. The lowest BCUT2D eigenvalue weighted by Gasteiger charge is -2.31. The zero-order chi connectivity index (χ0) is 24.6. The second-order valence-electron chi connectivity index (χ2n) is 7.94. The quantitative estimate of drug-likeness (QED) is 0.201. The van der Waals surface area contributed by atoms with Crippen LogP contribution >= 0.6 is 0 Å². The Labute approximate surface area is 201 Å². The number of amides is 1. The van der Waals surface area contributed by atoms with Gasteiger partial charge in [-0.3, -0.25) is 10.1 Å². The van der Waals surface area contributed by atoms with Gasteiger partial charge in [-0.2, -0.15) is 0 Å². The molecule has 9 heteroatoms. The second kappa shape index (κ2) is 11.5. The van der Waals surface area contributed by atoms with Gasteiger partial charge in [-0.15, -0.1) is 0 Å². The van der Waals surface area contributed by atoms with Crippen molar-refractivity contribution < 1.29 is 28.7 Å². The number of carbonyl (C=O) groups excluding carboxylic acids is 1. The van der Waals surface area contributed by atoms with Crippen molar-refractivity contribution in [2.75, 3.05) is 0 Å². The Morgan fingerprint density at radius 2 is 1.09 bits per heavy atom. The van der Waals surface area contributed by atoms with E-state index in [9.17, 15) is 20.1 Å². The molecular weight excluding hydrogens is 452 g/mol. The molecule has 0 aliphatic carbocycles. The van der Waals surface area contributed by atoms with Gasteiger partial charge in [0.25, 0.3) is 0 Å². The summed E-state index contributed by atoms with van der Waals surface area (Å²) in [5, 5.41) is 24.5. The van der Waals surface area contributed by atoms with Crippen LogP contribution in [0.4, 0.5) is 0 Å². The van der Waals surface area contributed by atoms with Crippen LogP contribution in [0.2, 0.25) is 0 Å². The predicted molar refractivity (Wildman–Crippen MR) is 126 cm³/mol. The van der Waals surface area contributed by atoms with E-state index in [-0.39, 0.29) is 24.6 Å². The van der Waals surface area contributed by atoms with E-state index < -0.39 is 35.0 Å². The van der Waals surface area contributed by atoms with Gasteiger partial charge in [-0.05, 0) is 16.7 Å². The maximum atomic E-state index is 12.9. The van der Waals surface area contributed by atoms with Crippen molar-refractivity contribution in [3.05, 3.63) is 123 Å². The van der Waals surface area contributed by atoms with E-state index in [1.807, 2.05) is 54.6 Å². The predicted octanol–water partition coefficient (Wildman–Crippen LogP) is 3.47. The molecule has 0 spiro atoms. The zero-order valence-corrected chi connectivity index (χ0v) is 18.8. The number of rotatable bonds is 9. The van der Waals surface area contributed by atoms with Gasteiger partial charge in [0.2, 0.25) is 12.2 Å². The topological polar surface area (TPSA) is 114 Å². The molecule has 180 valence electrons. The Kier molecular flexibility index (Phi) is 7.94. The number of hydroxylamine groups is 1. The van der Waals surface area contributed by atoms with E-state index in [1.54, 1.807) is 36.4 Å². The number of hydrogen-bond acceptors (Lipinski definition) is 7.